The number of nitriles is 1. The normalized spacial score (nSPS) is 10.9. The Morgan fingerprint density at radius 3 is 1.90 bits per heavy atom. The van der Waals surface area contributed by atoms with Gasteiger partial charge in [-0.3, -0.25) is 14.2 Å². The summed E-state index contributed by atoms with van der Waals surface area (Å²) in [5.41, 5.74) is 1.03. The molecule has 0 aliphatic rings. The Labute approximate surface area is 169 Å². The Morgan fingerprint density at radius 2 is 1.48 bits per heavy atom. The standard InChI is InChI=1S/C24H22N2O3/c1-15(2)26-23(28)19(14-25)16(3)20(24(26)29)22(27)21(17-10-6-4-7-11-17)18-12-8-5-9-13-18/h4-13,15,21,29H,1-3H3. The molecule has 146 valence electrons. The topological polar surface area (TPSA) is 83.1 Å². The lowest BCUT2D eigenvalue weighted by atomic mass is 9.83. The number of pyridine rings is 1. The quantitative estimate of drug-likeness (QED) is 0.662. The van der Waals surface area contributed by atoms with Gasteiger partial charge in [-0.25, -0.2) is 0 Å². The van der Waals surface area contributed by atoms with Crippen molar-refractivity contribution in [3.05, 3.63) is 98.8 Å². The molecule has 1 heterocycles. The smallest absolute Gasteiger partial charge is 0.271 e. The van der Waals surface area contributed by atoms with E-state index in [1.165, 1.54) is 6.92 Å². The van der Waals surface area contributed by atoms with Crippen molar-refractivity contribution in [2.24, 2.45) is 0 Å². The number of hydrogen-bond acceptors (Lipinski definition) is 4. The molecule has 5 nitrogen and oxygen atoms in total. The highest BCUT2D eigenvalue weighted by Crippen LogP contribution is 2.34. The van der Waals surface area contributed by atoms with Crippen LogP contribution in [0.5, 0.6) is 5.88 Å². The van der Waals surface area contributed by atoms with Crippen molar-refractivity contribution in [3.8, 4) is 11.9 Å². The second-order valence-corrected chi connectivity index (χ2v) is 7.20. The molecule has 0 atom stereocenters. The van der Waals surface area contributed by atoms with E-state index in [4.69, 9.17) is 0 Å². The first-order valence-corrected chi connectivity index (χ1v) is 9.40. The third-order valence-electron chi connectivity index (χ3n) is 5.04. The van der Waals surface area contributed by atoms with Crippen molar-refractivity contribution in [3.63, 3.8) is 0 Å². The SMILES string of the molecule is Cc1c(C(=O)C(c2ccccc2)c2ccccc2)c(O)n(C(C)C)c(=O)c1C#N. The molecule has 0 aliphatic carbocycles. The van der Waals surface area contributed by atoms with Crippen molar-refractivity contribution in [2.75, 3.05) is 0 Å². The molecule has 0 saturated carbocycles. The van der Waals surface area contributed by atoms with E-state index in [1.54, 1.807) is 13.8 Å². The minimum Gasteiger partial charge on any atom is -0.494 e. The molecule has 3 rings (SSSR count). The van der Waals surface area contributed by atoms with Gasteiger partial charge in [0.05, 0.1) is 11.5 Å². The van der Waals surface area contributed by atoms with Crippen LogP contribution in [-0.2, 0) is 0 Å². The first kappa shape index (κ1) is 20.1. The van der Waals surface area contributed by atoms with Crippen molar-refractivity contribution in [1.82, 2.24) is 4.57 Å². The molecule has 3 aromatic rings. The van der Waals surface area contributed by atoms with E-state index in [9.17, 15) is 20.0 Å². The Morgan fingerprint density at radius 1 is 1.00 bits per heavy atom. The molecule has 0 aliphatic heterocycles. The maximum Gasteiger partial charge on any atom is 0.271 e. The van der Waals surface area contributed by atoms with E-state index in [0.717, 1.165) is 15.7 Å². The lowest BCUT2D eigenvalue weighted by Gasteiger charge is -2.22. The molecule has 0 saturated heterocycles. The third kappa shape index (κ3) is 3.57. The minimum absolute atomic E-state index is 0.00700. The minimum atomic E-state index is -0.674. The molecule has 1 N–H and O–H groups in total. The number of aromatic hydroxyl groups is 1. The first-order valence-electron chi connectivity index (χ1n) is 9.40. The van der Waals surface area contributed by atoms with Gasteiger partial charge in [0, 0.05) is 6.04 Å². The molecular weight excluding hydrogens is 364 g/mol. The average molecular weight is 386 g/mol. The van der Waals surface area contributed by atoms with Gasteiger partial charge in [0.1, 0.15) is 11.6 Å². The number of hydrogen-bond donors (Lipinski definition) is 1. The summed E-state index contributed by atoms with van der Waals surface area (Å²) in [4.78, 5) is 26.4. The monoisotopic (exact) mass is 386 g/mol. The predicted octanol–water partition coefficient (Wildman–Crippen LogP) is 4.33. The van der Waals surface area contributed by atoms with Gasteiger partial charge in [-0.05, 0) is 37.5 Å². The van der Waals surface area contributed by atoms with Gasteiger partial charge in [-0.1, -0.05) is 60.7 Å². The number of ketones is 1. The van der Waals surface area contributed by atoms with Gasteiger partial charge in [-0.15, -0.1) is 0 Å². The summed E-state index contributed by atoms with van der Waals surface area (Å²) in [5, 5.41) is 20.4. The van der Waals surface area contributed by atoms with Crippen LogP contribution in [0.25, 0.3) is 0 Å². The summed E-state index contributed by atoms with van der Waals surface area (Å²) in [6, 6.07) is 20.0. The van der Waals surface area contributed by atoms with E-state index < -0.39 is 23.4 Å². The van der Waals surface area contributed by atoms with Crippen LogP contribution in [-0.4, -0.2) is 15.5 Å². The summed E-state index contributed by atoms with van der Waals surface area (Å²) in [7, 11) is 0. The van der Waals surface area contributed by atoms with Gasteiger partial charge >= 0.3 is 0 Å². The van der Waals surface area contributed by atoms with E-state index in [-0.39, 0.29) is 22.5 Å². The van der Waals surface area contributed by atoms with E-state index in [0.29, 0.717) is 0 Å². The number of rotatable bonds is 5. The zero-order valence-electron chi connectivity index (χ0n) is 16.6. The highest BCUT2D eigenvalue weighted by Gasteiger charge is 2.31. The summed E-state index contributed by atoms with van der Waals surface area (Å²) >= 11 is 0. The molecular formula is C24H22N2O3. The van der Waals surface area contributed by atoms with Gasteiger partial charge in [-0.2, -0.15) is 5.26 Å². The highest BCUT2D eigenvalue weighted by atomic mass is 16.3. The zero-order valence-corrected chi connectivity index (χ0v) is 16.6. The predicted molar refractivity (Wildman–Crippen MR) is 111 cm³/mol. The van der Waals surface area contributed by atoms with Crippen molar-refractivity contribution < 1.29 is 9.90 Å². The van der Waals surface area contributed by atoms with Gasteiger partial charge in [0.15, 0.2) is 5.78 Å². The Kier molecular flexibility index (Phi) is 5.65. The maximum atomic E-state index is 13.8. The Hall–Kier alpha value is -3.65. The first-order chi connectivity index (χ1) is 13.9. The number of nitrogens with zero attached hydrogens (tertiary/aromatic N) is 2. The molecule has 0 radical (unpaired) electrons. The molecule has 5 heteroatoms. The van der Waals surface area contributed by atoms with Crippen LogP contribution in [0.15, 0.2) is 65.5 Å². The molecule has 0 amide bonds. The van der Waals surface area contributed by atoms with Gasteiger partial charge < -0.3 is 5.11 Å². The second-order valence-electron chi connectivity index (χ2n) is 7.20. The van der Waals surface area contributed by atoms with Crippen LogP contribution in [0.2, 0.25) is 0 Å². The maximum absolute atomic E-state index is 13.8. The van der Waals surface area contributed by atoms with E-state index in [1.807, 2.05) is 66.7 Å². The van der Waals surface area contributed by atoms with Gasteiger partial charge in [0.25, 0.3) is 5.56 Å². The Balaban J connectivity index is 2.31. The third-order valence-corrected chi connectivity index (χ3v) is 5.04. The number of Topliss-reactive ketones (excluding diaryl/α,β-unsaturated/α-hetero) is 1. The summed E-state index contributed by atoms with van der Waals surface area (Å²) in [6.07, 6.45) is 0. The molecule has 0 spiro atoms. The van der Waals surface area contributed by atoms with Crippen LogP contribution in [0.3, 0.4) is 0 Å². The lowest BCUT2D eigenvalue weighted by Crippen LogP contribution is -2.29. The lowest BCUT2D eigenvalue weighted by molar-refractivity contribution is 0.0968. The fraction of sp³-hybridized carbons (Fsp3) is 0.208. The summed E-state index contributed by atoms with van der Waals surface area (Å²) in [5.74, 6) is -1.43. The second kappa shape index (κ2) is 8.15. The van der Waals surface area contributed by atoms with Crippen molar-refractivity contribution >= 4 is 5.78 Å². The van der Waals surface area contributed by atoms with Crippen LogP contribution in [0, 0.1) is 18.3 Å². The van der Waals surface area contributed by atoms with Gasteiger partial charge in [0.2, 0.25) is 5.88 Å². The number of carbonyl (C=O) groups excluding carboxylic acids is 1. The fourth-order valence-corrected chi connectivity index (χ4v) is 3.63. The molecule has 0 bridgehead atoms. The molecule has 2 aromatic carbocycles. The van der Waals surface area contributed by atoms with E-state index in [2.05, 4.69) is 0 Å². The van der Waals surface area contributed by atoms with Crippen LogP contribution >= 0.6 is 0 Å². The fourth-order valence-electron chi connectivity index (χ4n) is 3.63. The summed E-state index contributed by atoms with van der Waals surface area (Å²) < 4.78 is 1.10. The molecule has 0 fully saturated rings. The number of aromatic nitrogens is 1. The Bertz CT molecular complexity index is 1100. The zero-order chi connectivity index (χ0) is 21.1. The highest BCUT2D eigenvalue weighted by molar-refractivity contribution is 6.06. The summed E-state index contributed by atoms with van der Waals surface area (Å²) in [6.45, 7) is 4.97. The number of benzene rings is 2. The molecule has 29 heavy (non-hydrogen) atoms. The average Bonchev–Trinajstić information content (AvgIpc) is 2.70. The van der Waals surface area contributed by atoms with Crippen molar-refractivity contribution in [1.29, 1.82) is 5.26 Å². The van der Waals surface area contributed by atoms with Crippen LogP contribution in [0.1, 0.15) is 58.4 Å². The molecule has 0 unspecified atom stereocenters. The van der Waals surface area contributed by atoms with Crippen LogP contribution in [0.4, 0.5) is 0 Å². The van der Waals surface area contributed by atoms with Crippen molar-refractivity contribution in [2.45, 2.75) is 32.7 Å². The number of carbonyl (C=O) groups is 1. The van der Waals surface area contributed by atoms with Crippen LogP contribution < -0.4 is 5.56 Å². The molecule has 1 aromatic heterocycles. The largest absolute Gasteiger partial charge is 0.494 e. The van der Waals surface area contributed by atoms with E-state index >= 15 is 0 Å².